The average Bonchev–Trinajstić information content (AvgIpc) is 2.52. The molecule has 8 heteroatoms. The van der Waals surface area contributed by atoms with Gasteiger partial charge in [-0.05, 0) is 31.5 Å². The molecule has 0 aliphatic rings. The number of amides is 1. The predicted octanol–water partition coefficient (Wildman–Crippen LogP) is 1.15. The molecule has 0 aromatic heterocycles. The molecule has 23 heavy (non-hydrogen) atoms. The Morgan fingerprint density at radius 2 is 2.00 bits per heavy atom. The lowest BCUT2D eigenvalue weighted by atomic mass is 10.2. The molecule has 7 nitrogen and oxygen atoms in total. The van der Waals surface area contributed by atoms with E-state index in [4.69, 9.17) is 9.47 Å². The van der Waals surface area contributed by atoms with Crippen molar-refractivity contribution in [3.05, 3.63) is 23.8 Å². The van der Waals surface area contributed by atoms with E-state index >= 15 is 0 Å². The summed E-state index contributed by atoms with van der Waals surface area (Å²) in [6.07, 6.45) is 0.663. The molecule has 1 aromatic rings. The number of methoxy groups -OCH3 is 2. The molecule has 0 saturated heterocycles. The number of sulfonamides is 1. The minimum Gasteiger partial charge on any atom is -0.495 e. The molecule has 0 saturated carbocycles. The second-order valence-corrected chi connectivity index (χ2v) is 6.83. The third-order valence-electron chi connectivity index (χ3n) is 3.05. The summed E-state index contributed by atoms with van der Waals surface area (Å²) < 4.78 is 37.2. The van der Waals surface area contributed by atoms with Gasteiger partial charge in [0.2, 0.25) is 10.0 Å². The maximum Gasteiger partial charge on any atom is 0.251 e. The van der Waals surface area contributed by atoms with Gasteiger partial charge in [-0.2, -0.15) is 0 Å². The van der Waals surface area contributed by atoms with Crippen LogP contribution in [-0.2, 0) is 14.8 Å². The number of benzene rings is 1. The van der Waals surface area contributed by atoms with Crippen LogP contribution in [0.1, 0.15) is 30.6 Å². The summed E-state index contributed by atoms with van der Waals surface area (Å²) in [6.45, 7) is 4.34. The maximum atomic E-state index is 12.3. The molecule has 0 aliphatic heterocycles. The van der Waals surface area contributed by atoms with Crippen molar-refractivity contribution in [3.8, 4) is 5.75 Å². The highest BCUT2D eigenvalue weighted by molar-refractivity contribution is 7.89. The van der Waals surface area contributed by atoms with Gasteiger partial charge in [-0.3, -0.25) is 4.79 Å². The van der Waals surface area contributed by atoms with Crippen molar-refractivity contribution in [1.82, 2.24) is 10.0 Å². The summed E-state index contributed by atoms with van der Waals surface area (Å²) in [7, 11) is -0.814. The van der Waals surface area contributed by atoms with Crippen molar-refractivity contribution >= 4 is 15.9 Å². The zero-order valence-corrected chi connectivity index (χ0v) is 14.7. The summed E-state index contributed by atoms with van der Waals surface area (Å²) in [4.78, 5) is 12.1. The first-order chi connectivity index (χ1) is 10.9. The Morgan fingerprint density at radius 3 is 2.57 bits per heavy atom. The molecule has 0 spiro atoms. The van der Waals surface area contributed by atoms with Gasteiger partial charge in [-0.1, -0.05) is 6.92 Å². The lowest BCUT2D eigenvalue weighted by Crippen LogP contribution is -2.35. The smallest absolute Gasteiger partial charge is 0.251 e. The van der Waals surface area contributed by atoms with E-state index in [0.29, 0.717) is 19.6 Å². The van der Waals surface area contributed by atoms with Crippen LogP contribution in [0.15, 0.2) is 23.1 Å². The van der Waals surface area contributed by atoms with E-state index in [9.17, 15) is 13.2 Å². The lowest BCUT2D eigenvalue weighted by Gasteiger charge is -2.15. The number of carbonyl (C=O) groups excluding carboxylic acids is 1. The fraction of sp³-hybridized carbons (Fsp3) is 0.533. The van der Waals surface area contributed by atoms with Gasteiger partial charge in [-0.15, -0.1) is 0 Å². The Labute approximate surface area is 137 Å². The van der Waals surface area contributed by atoms with Crippen LogP contribution in [0.3, 0.4) is 0 Å². The summed E-state index contributed by atoms with van der Waals surface area (Å²) in [5, 5.41) is 2.74. The van der Waals surface area contributed by atoms with Crippen LogP contribution in [0.4, 0.5) is 0 Å². The molecule has 0 aliphatic carbocycles. The first kappa shape index (κ1) is 19.4. The number of ether oxygens (including phenoxy) is 2. The van der Waals surface area contributed by atoms with Crippen LogP contribution in [0.2, 0.25) is 0 Å². The normalized spacial score (nSPS) is 12.7. The van der Waals surface area contributed by atoms with E-state index in [0.717, 1.165) is 0 Å². The standard InChI is InChI=1S/C15H24N2O5S/c1-5-8-16-23(19,20)14-9-12(6-7-13(14)22-4)15(18)17-11(2)10-21-3/h6-7,9,11,16H,5,8,10H2,1-4H3,(H,17,18)/t11-/m1/s1. The quantitative estimate of drug-likeness (QED) is 0.701. The van der Waals surface area contributed by atoms with Gasteiger partial charge in [0, 0.05) is 25.3 Å². The molecular weight excluding hydrogens is 320 g/mol. The highest BCUT2D eigenvalue weighted by Crippen LogP contribution is 2.24. The topological polar surface area (TPSA) is 93.7 Å². The zero-order chi connectivity index (χ0) is 17.5. The van der Waals surface area contributed by atoms with Gasteiger partial charge >= 0.3 is 0 Å². The summed E-state index contributed by atoms with van der Waals surface area (Å²) in [6, 6.07) is 4.11. The van der Waals surface area contributed by atoms with E-state index in [-0.39, 0.29) is 28.2 Å². The Bertz CT molecular complexity index is 631. The molecule has 2 N–H and O–H groups in total. The molecule has 0 heterocycles. The molecule has 1 aromatic carbocycles. The Hall–Kier alpha value is -1.64. The van der Waals surface area contributed by atoms with Gasteiger partial charge in [0.15, 0.2) is 0 Å². The van der Waals surface area contributed by atoms with E-state index in [1.54, 1.807) is 14.0 Å². The molecule has 0 bridgehead atoms. The monoisotopic (exact) mass is 344 g/mol. The lowest BCUT2D eigenvalue weighted by molar-refractivity contribution is 0.0905. The van der Waals surface area contributed by atoms with Crippen molar-refractivity contribution in [2.75, 3.05) is 27.4 Å². The van der Waals surface area contributed by atoms with E-state index < -0.39 is 10.0 Å². The molecule has 1 amide bonds. The van der Waals surface area contributed by atoms with E-state index in [2.05, 4.69) is 10.0 Å². The molecule has 0 unspecified atom stereocenters. The van der Waals surface area contributed by atoms with Gasteiger partial charge in [-0.25, -0.2) is 13.1 Å². The second-order valence-electron chi connectivity index (χ2n) is 5.09. The minimum atomic E-state index is -3.74. The van der Waals surface area contributed by atoms with Crippen molar-refractivity contribution in [1.29, 1.82) is 0 Å². The average molecular weight is 344 g/mol. The fourth-order valence-corrected chi connectivity index (χ4v) is 3.27. The van der Waals surface area contributed by atoms with Crippen LogP contribution in [-0.4, -0.2) is 47.7 Å². The van der Waals surface area contributed by atoms with Gasteiger partial charge < -0.3 is 14.8 Å². The van der Waals surface area contributed by atoms with Crippen molar-refractivity contribution in [2.45, 2.75) is 31.2 Å². The first-order valence-electron chi connectivity index (χ1n) is 7.33. The third kappa shape index (κ3) is 5.49. The SMILES string of the molecule is CCCNS(=O)(=O)c1cc(C(=O)N[C@H](C)COC)ccc1OC. The number of nitrogens with one attached hydrogen (secondary N) is 2. The summed E-state index contributed by atoms with van der Waals surface area (Å²) in [5.74, 6) is -0.181. The van der Waals surface area contributed by atoms with Gasteiger partial charge in [0.1, 0.15) is 10.6 Å². The summed E-state index contributed by atoms with van der Waals surface area (Å²) in [5.41, 5.74) is 0.241. The highest BCUT2D eigenvalue weighted by atomic mass is 32.2. The Morgan fingerprint density at radius 1 is 1.30 bits per heavy atom. The number of hydrogen-bond donors (Lipinski definition) is 2. The third-order valence-corrected chi connectivity index (χ3v) is 4.53. The first-order valence-corrected chi connectivity index (χ1v) is 8.81. The van der Waals surface area contributed by atoms with Crippen LogP contribution >= 0.6 is 0 Å². The Kier molecular flexibility index (Phi) is 7.47. The van der Waals surface area contributed by atoms with Crippen molar-refractivity contribution < 1.29 is 22.7 Å². The van der Waals surface area contributed by atoms with E-state index in [1.165, 1.54) is 25.3 Å². The van der Waals surface area contributed by atoms with Gasteiger partial charge in [0.05, 0.1) is 13.7 Å². The second kappa shape index (κ2) is 8.85. The van der Waals surface area contributed by atoms with Crippen LogP contribution in [0.25, 0.3) is 0 Å². The summed E-state index contributed by atoms with van der Waals surface area (Å²) >= 11 is 0. The highest BCUT2D eigenvalue weighted by Gasteiger charge is 2.21. The fourth-order valence-electron chi connectivity index (χ4n) is 1.94. The minimum absolute atomic E-state index is 0.0551. The van der Waals surface area contributed by atoms with E-state index in [1.807, 2.05) is 6.92 Å². The number of carbonyl (C=O) groups is 1. The van der Waals surface area contributed by atoms with Crippen LogP contribution < -0.4 is 14.8 Å². The molecular formula is C15H24N2O5S. The van der Waals surface area contributed by atoms with Crippen LogP contribution in [0.5, 0.6) is 5.75 Å². The van der Waals surface area contributed by atoms with Gasteiger partial charge in [0.25, 0.3) is 5.91 Å². The van der Waals surface area contributed by atoms with Crippen molar-refractivity contribution in [2.24, 2.45) is 0 Å². The Balaban J connectivity index is 3.10. The maximum absolute atomic E-state index is 12.3. The molecule has 0 fully saturated rings. The van der Waals surface area contributed by atoms with Crippen molar-refractivity contribution in [3.63, 3.8) is 0 Å². The largest absolute Gasteiger partial charge is 0.495 e. The number of rotatable bonds is 9. The molecule has 1 atom stereocenters. The van der Waals surface area contributed by atoms with Crippen LogP contribution in [0, 0.1) is 0 Å². The molecule has 130 valence electrons. The number of hydrogen-bond acceptors (Lipinski definition) is 5. The zero-order valence-electron chi connectivity index (χ0n) is 13.9. The predicted molar refractivity (Wildman–Crippen MR) is 87.3 cm³/mol. The molecule has 0 radical (unpaired) electrons. The molecule has 1 rings (SSSR count).